The molecule has 3 nitrogen and oxygen atoms in total. The highest BCUT2D eigenvalue weighted by Gasteiger charge is 2.62. The Hall–Kier alpha value is -0.350. The maximum atomic E-state index is 5.76. The molecule has 3 rings (SSSR count). The number of ether oxygens (including phenoxy) is 1. The monoisotopic (exact) mass is 242 g/mol. The first-order chi connectivity index (χ1) is 6.24. The molecular formula is C9H11BrN2O. The van der Waals surface area contributed by atoms with Crippen molar-refractivity contribution in [3.8, 4) is 0 Å². The van der Waals surface area contributed by atoms with Gasteiger partial charge in [0.2, 0.25) is 0 Å². The number of aryl methyl sites for hydroxylation is 1. The van der Waals surface area contributed by atoms with Gasteiger partial charge in [0.25, 0.3) is 0 Å². The summed E-state index contributed by atoms with van der Waals surface area (Å²) in [6, 6.07) is 0. The molecule has 0 bridgehead atoms. The van der Waals surface area contributed by atoms with E-state index in [-0.39, 0.29) is 5.60 Å². The predicted molar refractivity (Wildman–Crippen MR) is 51.3 cm³/mol. The van der Waals surface area contributed by atoms with Crippen LogP contribution in [0.25, 0.3) is 0 Å². The highest BCUT2D eigenvalue weighted by atomic mass is 79.9. The maximum Gasteiger partial charge on any atom is 0.137 e. The molecule has 4 heteroatoms. The van der Waals surface area contributed by atoms with Crippen molar-refractivity contribution in [2.24, 2.45) is 7.05 Å². The molecule has 0 unspecified atom stereocenters. The predicted octanol–water partition coefficient (Wildman–Crippen LogP) is 1.96. The summed E-state index contributed by atoms with van der Waals surface area (Å²) >= 11 is 3.53. The second-order valence-corrected chi connectivity index (χ2v) is 4.71. The zero-order chi connectivity index (χ0) is 9.05. The van der Waals surface area contributed by atoms with Crippen molar-refractivity contribution < 1.29 is 4.74 Å². The molecule has 1 aromatic heterocycles. The first-order valence-corrected chi connectivity index (χ1v) is 5.39. The van der Waals surface area contributed by atoms with Crippen LogP contribution < -0.4 is 0 Å². The van der Waals surface area contributed by atoms with Gasteiger partial charge in [-0.1, -0.05) is 0 Å². The summed E-state index contributed by atoms with van der Waals surface area (Å²) in [7, 11) is 1.98. The number of hydrogen-bond acceptors (Lipinski definition) is 2. The quantitative estimate of drug-likeness (QED) is 0.706. The van der Waals surface area contributed by atoms with Crippen LogP contribution in [-0.4, -0.2) is 15.9 Å². The fourth-order valence-electron chi connectivity index (χ4n) is 2.50. The van der Waals surface area contributed by atoms with E-state index < -0.39 is 0 Å². The molecule has 1 aromatic rings. The number of halogens is 1. The van der Waals surface area contributed by atoms with E-state index in [2.05, 4.69) is 21.0 Å². The van der Waals surface area contributed by atoms with Crippen LogP contribution in [0.1, 0.15) is 25.0 Å². The van der Waals surface area contributed by atoms with Crippen LogP contribution in [0, 0.1) is 0 Å². The summed E-state index contributed by atoms with van der Waals surface area (Å²) in [5, 5.41) is 4.22. The van der Waals surface area contributed by atoms with Gasteiger partial charge in [0.15, 0.2) is 0 Å². The van der Waals surface area contributed by atoms with Gasteiger partial charge in [-0.05, 0) is 35.2 Å². The van der Waals surface area contributed by atoms with Gasteiger partial charge in [-0.2, -0.15) is 5.10 Å². The Morgan fingerprint density at radius 1 is 1.77 bits per heavy atom. The van der Waals surface area contributed by atoms with Crippen LogP contribution in [0.2, 0.25) is 0 Å². The number of rotatable bonds is 1. The molecule has 0 spiro atoms. The summed E-state index contributed by atoms with van der Waals surface area (Å²) in [4.78, 5) is 0. The Morgan fingerprint density at radius 3 is 3.08 bits per heavy atom. The van der Waals surface area contributed by atoms with Crippen LogP contribution in [0.4, 0.5) is 0 Å². The SMILES string of the molecule is Cn1ncc(Br)c1[C@]12CCC[C@@H]1O2. The summed E-state index contributed by atoms with van der Waals surface area (Å²) in [6.07, 6.45) is 5.94. The summed E-state index contributed by atoms with van der Waals surface area (Å²) in [5.74, 6) is 0. The molecule has 1 saturated carbocycles. The molecule has 0 N–H and O–H groups in total. The number of hydrogen-bond donors (Lipinski definition) is 0. The van der Waals surface area contributed by atoms with E-state index in [0.717, 1.165) is 10.9 Å². The number of aromatic nitrogens is 2. The van der Waals surface area contributed by atoms with Gasteiger partial charge in [0.05, 0.1) is 22.5 Å². The van der Waals surface area contributed by atoms with E-state index in [9.17, 15) is 0 Å². The zero-order valence-electron chi connectivity index (χ0n) is 7.46. The number of nitrogens with zero attached hydrogens (tertiary/aromatic N) is 2. The van der Waals surface area contributed by atoms with Gasteiger partial charge in [-0.3, -0.25) is 4.68 Å². The van der Waals surface area contributed by atoms with Crippen molar-refractivity contribution >= 4 is 15.9 Å². The average molecular weight is 243 g/mol. The number of fused-ring (bicyclic) bond motifs is 1. The van der Waals surface area contributed by atoms with E-state index in [1.807, 2.05) is 17.9 Å². The minimum absolute atomic E-state index is 0.0179. The van der Waals surface area contributed by atoms with Gasteiger partial charge in [0, 0.05) is 7.05 Å². The molecule has 13 heavy (non-hydrogen) atoms. The van der Waals surface area contributed by atoms with E-state index in [1.165, 1.54) is 18.5 Å². The van der Waals surface area contributed by atoms with E-state index in [1.54, 1.807) is 0 Å². The van der Waals surface area contributed by atoms with Crippen LogP contribution in [0.3, 0.4) is 0 Å². The fraction of sp³-hybridized carbons (Fsp3) is 0.667. The Bertz CT molecular complexity index is 343. The minimum atomic E-state index is 0.0179. The molecule has 2 aliphatic rings. The van der Waals surface area contributed by atoms with Gasteiger partial charge < -0.3 is 4.74 Å². The summed E-state index contributed by atoms with van der Waals surface area (Å²) < 4.78 is 8.76. The highest BCUT2D eigenvalue weighted by molar-refractivity contribution is 9.10. The molecule has 0 radical (unpaired) electrons. The molecule has 2 fully saturated rings. The molecule has 1 saturated heterocycles. The highest BCUT2D eigenvalue weighted by Crippen LogP contribution is 2.58. The normalized spacial score (nSPS) is 36.3. The van der Waals surface area contributed by atoms with Crippen LogP contribution in [0.15, 0.2) is 10.7 Å². The Labute approximate surface area is 85.2 Å². The maximum absolute atomic E-state index is 5.76. The second kappa shape index (κ2) is 2.36. The third-order valence-corrected chi connectivity index (χ3v) is 3.71. The van der Waals surface area contributed by atoms with Crippen molar-refractivity contribution in [1.82, 2.24) is 9.78 Å². The molecule has 1 aliphatic heterocycles. The van der Waals surface area contributed by atoms with Crippen molar-refractivity contribution in [2.45, 2.75) is 31.0 Å². The Balaban J connectivity index is 2.09. The zero-order valence-corrected chi connectivity index (χ0v) is 9.04. The fourth-order valence-corrected chi connectivity index (χ4v) is 3.18. The lowest BCUT2D eigenvalue weighted by atomic mass is 10.0. The third kappa shape index (κ3) is 0.904. The molecule has 0 aromatic carbocycles. The Kier molecular flexibility index (Phi) is 1.45. The topological polar surface area (TPSA) is 30.4 Å². The van der Waals surface area contributed by atoms with E-state index in [0.29, 0.717) is 6.10 Å². The first kappa shape index (κ1) is 8.00. The lowest BCUT2D eigenvalue weighted by Crippen LogP contribution is -2.13. The molecule has 2 atom stereocenters. The molecular weight excluding hydrogens is 232 g/mol. The van der Waals surface area contributed by atoms with Gasteiger partial charge >= 0.3 is 0 Å². The van der Waals surface area contributed by atoms with Crippen LogP contribution >= 0.6 is 15.9 Å². The largest absolute Gasteiger partial charge is 0.359 e. The summed E-state index contributed by atoms with van der Waals surface area (Å²) in [5.41, 5.74) is 1.24. The molecule has 70 valence electrons. The van der Waals surface area contributed by atoms with Crippen molar-refractivity contribution in [1.29, 1.82) is 0 Å². The van der Waals surface area contributed by atoms with Gasteiger partial charge in [-0.15, -0.1) is 0 Å². The third-order valence-electron chi connectivity index (χ3n) is 3.12. The Morgan fingerprint density at radius 2 is 2.62 bits per heavy atom. The lowest BCUT2D eigenvalue weighted by Gasteiger charge is -2.09. The standard InChI is InChI=1S/C9H11BrN2O/c1-12-8(6(10)5-11-12)9-4-2-3-7(9)13-9/h5,7H,2-4H2,1H3/t7-,9-/m0/s1. The van der Waals surface area contributed by atoms with Gasteiger partial charge in [0.1, 0.15) is 5.60 Å². The number of epoxide rings is 1. The smallest absolute Gasteiger partial charge is 0.137 e. The molecule has 2 heterocycles. The summed E-state index contributed by atoms with van der Waals surface area (Å²) in [6.45, 7) is 0. The first-order valence-electron chi connectivity index (χ1n) is 4.60. The van der Waals surface area contributed by atoms with Crippen molar-refractivity contribution in [3.05, 3.63) is 16.4 Å². The molecule has 1 aliphatic carbocycles. The lowest BCUT2D eigenvalue weighted by molar-refractivity contribution is 0.244. The minimum Gasteiger partial charge on any atom is -0.359 e. The molecule has 0 amide bonds. The average Bonchev–Trinajstić information content (AvgIpc) is 2.48. The second-order valence-electron chi connectivity index (χ2n) is 3.85. The van der Waals surface area contributed by atoms with Crippen LogP contribution in [0.5, 0.6) is 0 Å². The van der Waals surface area contributed by atoms with E-state index >= 15 is 0 Å². The van der Waals surface area contributed by atoms with Crippen LogP contribution in [-0.2, 0) is 17.4 Å². The van der Waals surface area contributed by atoms with Crippen molar-refractivity contribution in [3.63, 3.8) is 0 Å². The van der Waals surface area contributed by atoms with E-state index in [4.69, 9.17) is 4.74 Å². The van der Waals surface area contributed by atoms with Crippen molar-refractivity contribution in [2.75, 3.05) is 0 Å². The van der Waals surface area contributed by atoms with Gasteiger partial charge in [-0.25, -0.2) is 0 Å².